The van der Waals surface area contributed by atoms with Crippen molar-refractivity contribution in [3.63, 3.8) is 0 Å². The van der Waals surface area contributed by atoms with E-state index in [9.17, 15) is 0 Å². The van der Waals surface area contributed by atoms with Crippen LogP contribution in [0.2, 0.25) is 5.28 Å². The second-order valence-corrected chi connectivity index (χ2v) is 5.51. The van der Waals surface area contributed by atoms with Crippen molar-refractivity contribution < 1.29 is 0 Å². The Labute approximate surface area is 113 Å². The van der Waals surface area contributed by atoms with E-state index in [1.54, 1.807) is 6.20 Å². The van der Waals surface area contributed by atoms with Crippen molar-refractivity contribution in [2.45, 2.75) is 31.7 Å². The van der Waals surface area contributed by atoms with E-state index in [0.29, 0.717) is 11.3 Å². The Morgan fingerprint density at radius 3 is 2.78 bits per heavy atom. The summed E-state index contributed by atoms with van der Waals surface area (Å²) in [5.41, 5.74) is 0. The van der Waals surface area contributed by atoms with Gasteiger partial charge in [0.2, 0.25) is 5.28 Å². The Bertz CT molecular complexity index is 406. The highest BCUT2D eigenvalue weighted by Gasteiger charge is 2.29. The van der Waals surface area contributed by atoms with Gasteiger partial charge in [-0.2, -0.15) is 0 Å². The van der Waals surface area contributed by atoms with Gasteiger partial charge in [-0.1, -0.05) is 6.42 Å². The van der Waals surface area contributed by atoms with Crippen LogP contribution in [0, 0.1) is 0 Å². The van der Waals surface area contributed by atoms with Gasteiger partial charge >= 0.3 is 0 Å². The number of hydrogen-bond donors (Lipinski definition) is 0. The van der Waals surface area contributed by atoms with Crippen molar-refractivity contribution in [1.29, 1.82) is 0 Å². The third-order valence-electron chi connectivity index (χ3n) is 4.01. The van der Waals surface area contributed by atoms with Crippen LogP contribution in [-0.4, -0.2) is 47.1 Å². The van der Waals surface area contributed by atoms with E-state index in [1.165, 1.54) is 38.8 Å². The lowest BCUT2D eigenvalue weighted by Gasteiger charge is -2.32. The smallest absolute Gasteiger partial charge is 0.224 e. The number of rotatable bonds is 2. The molecule has 0 unspecified atom stereocenters. The molecule has 1 aromatic rings. The number of halogens is 1. The molecule has 1 atom stereocenters. The van der Waals surface area contributed by atoms with E-state index in [1.807, 2.05) is 6.07 Å². The van der Waals surface area contributed by atoms with Crippen LogP contribution in [0.1, 0.15) is 25.7 Å². The maximum atomic E-state index is 5.85. The third kappa shape index (κ3) is 2.59. The highest BCUT2D eigenvalue weighted by Crippen LogP contribution is 2.24. The van der Waals surface area contributed by atoms with Crippen molar-refractivity contribution in [2.75, 3.05) is 31.1 Å². The van der Waals surface area contributed by atoms with Gasteiger partial charge in [-0.05, 0) is 50.0 Å². The highest BCUT2D eigenvalue weighted by atomic mass is 35.5. The largest absolute Gasteiger partial charge is 0.355 e. The standard InChI is InChI=1S/C13H19ClN4/c14-13-15-6-4-12(16-13)18-9-5-11(10-18)17-7-2-1-3-8-17/h4,6,11H,1-3,5,7-10H2/t11-/m0/s1. The van der Waals surface area contributed by atoms with Crippen molar-refractivity contribution >= 4 is 17.4 Å². The molecule has 5 heteroatoms. The average Bonchev–Trinajstić information content (AvgIpc) is 2.89. The summed E-state index contributed by atoms with van der Waals surface area (Å²) in [5.74, 6) is 0.967. The predicted octanol–water partition coefficient (Wildman–Crippen LogP) is 2.19. The fourth-order valence-electron chi connectivity index (χ4n) is 3.03. The molecule has 0 aliphatic carbocycles. The molecule has 3 heterocycles. The predicted molar refractivity (Wildman–Crippen MR) is 73.1 cm³/mol. The van der Waals surface area contributed by atoms with Gasteiger partial charge in [-0.25, -0.2) is 9.97 Å². The van der Waals surface area contributed by atoms with Crippen LogP contribution < -0.4 is 4.90 Å². The van der Waals surface area contributed by atoms with E-state index in [0.717, 1.165) is 18.9 Å². The SMILES string of the molecule is Clc1nccc(N2CC[C@H](N3CCCCC3)C2)n1. The number of aromatic nitrogens is 2. The van der Waals surface area contributed by atoms with E-state index in [2.05, 4.69) is 19.8 Å². The second kappa shape index (κ2) is 5.41. The van der Waals surface area contributed by atoms with Gasteiger partial charge in [0.1, 0.15) is 5.82 Å². The van der Waals surface area contributed by atoms with Gasteiger partial charge in [0, 0.05) is 25.3 Å². The van der Waals surface area contributed by atoms with Gasteiger partial charge in [0.15, 0.2) is 0 Å². The molecule has 98 valence electrons. The number of nitrogens with zero attached hydrogens (tertiary/aromatic N) is 4. The number of anilines is 1. The minimum Gasteiger partial charge on any atom is -0.355 e. The molecule has 2 aliphatic heterocycles. The molecule has 4 nitrogen and oxygen atoms in total. The van der Waals surface area contributed by atoms with E-state index >= 15 is 0 Å². The minimum atomic E-state index is 0.342. The number of piperidine rings is 1. The van der Waals surface area contributed by atoms with Crippen LogP contribution in [0.15, 0.2) is 12.3 Å². The summed E-state index contributed by atoms with van der Waals surface area (Å²) in [4.78, 5) is 13.2. The maximum absolute atomic E-state index is 5.85. The minimum absolute atomic E-state index is 0.342. The third-order valence-corrected chi connectivity index (χ3v) is 4.19. The monoisotopic (exact) mass is 266 g/mol. The van der Waals surface area contributed by atoms with Gasteiger partial charge in [0.25, 0.3) is 0 Å². The Hall–Kier alpha value is -0.870. The highest BCUT2D eigenvalue weighted by molar-refractivity contribution is 6.28. The van der Waals surface area contributed by atoms with Gasteiger partial charge in [-0.3, -0.25) is 4.90 Å². The number of likely N-dealkylation sites (tertiary alicyclic amines) is 1. The second-order valence-electron chi connectivity index (χ2n) is 5.17. The molecule has 0 radical (unpaired) electrons. The molecule has 0 saturated carbocycles. The maximum Gasteiger partial charge on any atom is 0.224 e. The molecule has 1 aromatic heterocycles. The van der Waals surface area contributed by atoms with E-state index < -0.39 is 0 Å². The topological polar surface area (TPSA) is 32.3 Å². The Morgan fingerprint density at radius 2 is 2.00 bits per heavy atom. The molecule has 18 heavy (non-hydrogen) atoms. The quantitative estimate of drug-likeness (QED) is 0.769. The first-order valence-electron chi connectivity index (χ1n) is 6.80. The van der Waals surface area contributed by atoms with Gasteiger partial charge < -0.3 is 4.90 Å². The lowest BCUT2D eigenvalue weighted by atomic mass is 10.1. The molecule has 2 saturated heterocycles. The van der Waals surface area contributed by atoms with E-state index in [4.69, 9.17) is 11.6 Å². The molecule has 3 rings (SSSR count). The van der Waals surface area contributed by atoms with Crippen LogP contribution in [0.5, 0.6) is 0 Å². The average molecular weight is 267 g/mol. The van der Waals surface area contributed by atoms with Crippen LogP contribution in [0.4, 0.5) is 5.82 Å². The molecular formula is C13H19ClN4. The van der Waals surface area contributed by atoms with Gasteiger partial charge in [-0.15, -0.1) is 0 Å². The van der Waals surface area contributed by atoms with Crippen LogP contribution in [0.25, 0.3) is 0 Å². The Kier molecular flexibility index (Phi) is 3.66. The summed E-state index contributed by atoms with van der Waals surface area (Å²) in [6.07, 6.45) is 7.08. The zero-order chi connectivity index (χ0) is 12.4. The van der Waals surface area contributed by atoms with Crippen LogP contribution in [-0.2, 0) is 0 Å². The summed E-state index contributed by atoms with van der Waals surface area (Å²) < 4.78 is 0. The summed E-state index contributed by atoms with van der Waals surface area (Å²) in [6.45, 7) is 4.69. The number of hydrogen-bond acceptors (Lipinski definition) is 4. The molecular weight excluding hydrogens is 248 g/mol. The molecule has 0 spiro atoms. The molecule has 0 amide bonds. The summed E-state index contributed by atoms with van der Waals surface area (Å²) in [6, 6.07) is 2.64. The van der Waals surface area contributed by atoms with Crippen molar-refractivity contribution in [1.82, 2.24) is 14.9 Å². The first-order valence-corrected chi connectivity index (χ1v) is 7.18. The Morgan fingerprint density at radius 1 is 1.17 bits per heavy atom. The zero-order valence-electron chi connectivity index (χ0n) is 10.6. The zero-order valence-corrected chi connectivity index (χ0v) is 11.3. The summed E-state index contributed by atoms with van der Waals surface area (Å²) in [7, 11) is 0. The fourth-order valence-corrected chi connectivity index (χ4v) is 3.18. The fraction of sp³-hybridized carbons (Fsp3) is 0.692. The van der Waals surface area contributed by atoms with Crippen molar-refractivity contribution in [2.24, 2.45) is 0 Å². The lowest BCUT2D eigenvalue weighted by molar-refractivity contribution is 0.175. The summed E-state index contributed by atoms with van der Waals surface area (Å²) in [5, 5.41) is 0.342. The first kappa shape index (κ1) is 12.2. The molecule has 0 N–H and O–H groups in total. The van der Waals surface area contributed by atoms with Crippen molar-refractivity contribution in [3.05, 3.63) is 17.5 Å². The van der Waals surface area contributed by atoms with Crippen LogP contribution in [0.3, 0.4) is 0 Å². The lowest BCUT2D eigenvalue weighted by Crippen LogP contribution is -2.40. The summed E-state index contributed by atoms with van der Waals surface area (Å²) >= 11 is 5.85. The van der Waals surface area contributed by atoms with Gasteiger partial charge in [0.05, 0.1) is 0 Å². The van der Waals surface area contributed by atoms with E-state index in [-0.39, 0.29) is 0 Å². The normalized spacial score (nSPS) is 25.6. The molecule has 2 fully saturated rings. The van der Waals surface area contributed by atoms with Crippen molar-refractivity contribution in [3.8, 4) is 0 Å². The molecule has 2 aliphatic rings. The molecule has 0 aromatic carbocycles. The first-order chi connectivity index (χ1) is 8.83. The van der Waals surface area contributed by atoms with Crippen LogP contribution >= 0.6 is 11.6 Å². The molecule has 0 bridgehead atoms. The Balaban J connectivity index is 1.64.